The summed E-state index contributed by atoms with van der Waals surface area (Å²) in [7, 11) is 1.55. The quantitative estimate of drug-likeness (QED) is 0.696. The van der Waals surface area contributed by atoms with Crippen molar-refractivity contribution >= 4 is 12.0 Å². The number of hydrogen-bond donors (Lipinski definition) is 1. The number of para-hydroxylation sites is 1. The summed E-state index contributed by atoms with van der Waals surface area (Å²) in [5, 5.41) is 9.26. The monoisotopic (exact) mass is 295 g/mol. The Morgan fingerprint density at radius 3 is 2.45 bits per heavy atom. The van der Waals surface area contributed by atoms with Gasteiger partial charge in [0.2, 0.25) is 0 Å². The standard InChI is InChI=1S/C17H17N3O2/c1-12-8-9-13(2)20(12)19-17(21)15(11-18)10-14-6-4-5-7-16(14)22-3/h4-10H,1-3H3,(H,19,21)/b15-10-. The van der Waals surface area contributed by atoms with Crippen molar-refractivity contribution in [1.29, 1.82) is 5.26 Å². The van der Waals surface area contributed by atoms with Crippen molar-refractivity contribution < 1.29 is 9.53 Å². The molecule has 0 aliphatic rings. The Morgan fingerprint density at radius 2 is 1.86 bits per heavy atom. The van der Waals surface area contributed by atoms with Crippen molar-refractivity contribution in [2.45, 2.75) is 13.8 Å². The van der Waals surface area contributed by atoms with Crippen LogP contribution in [0.15, 0.2) is 42.0 Å². The zero-order chi connectivity index (χ0) is 16.1. The molecule has 0 atom stereocenters. The average molecular weight is 295 g/mol. The van der Waals surface area contributed by atoms with Crippen molar-refractivity contribution in [2.24, 2.45) is 0 Å². The molecular formula is C17H17N3O2. The van der Waals surface area contributed by atoms with E-state index >= 15 is 0 Å². The van der Waals surface area contributed by atoms with E-state index in [0.29, 0.717) is 11.3 Å². The minimum Gasteiger partial charge on any atom is -0.496 e. The summed E-state index contributed by atoms with van der Waals surface area (Å²) in [5.74, 6) is 0.146. The molecule has 1 aromatic heterocycles. The van der Waals surface area contributed by atoms with Gasteiger partial charge in [0.25, 0.3) is 5.91 Å². The number of nitrogens with zero attached hydrogens (tertiary/aromatic N) is 2. The molecule has 112 valence electrons. The van der Waals surface area contributed by atoms with Gasteiger partial charge in [0, 0.05) is 17.0 Å². The maximum absolute atomic E-state index is 12.3. The molecule has 0 saturated carbocycles. The highest BCUT2D eigenvalue weighted by Crippen LogP contribution is 2.20. The molecule has 0 radical (unpaired) electrons. The first-order valence-electron chi connectivity index (χ1n) is 6.78. The van der Waals surface area contributed by atoms with E-state index in [-0.39, 0.29) is 5.57 Å². The molecule has 1 heterocycles. The van der Waals surface area contributed by atoms with E-state index in [1.807, 2.05) is 44.2 Å². The molecule has 1 N–H and O–H groups in total. The lowest BCUT2D eigenvalue weighted by Crippen LogP contribution is -2.25. The van der Waals surface area contributed by atoms with Crippen LogP contribution in [0.3, 0.4) is 0 Å². The van der Waals surface area contributed by atoms with E-state index in [9.17, 15) is 10.1 Å². The van der Waals surface area contributed by atoms with Crippen LogP contribution in [0.5, 0.6) is 5.75 Å². The van der Waals surface area contributed by atoms with E-state index in [1.165, 1.54) is 6.08 Å². The molecule has 5 nitrogen and oxygen atoms in total. The van der Waals surface area contributed by atoms with Crippen LogP contribution >= 0.6 is 0 Å². The molecule has 22 heavy (non-hydrogen) atoms. The topological polar surface area (TPSA) is 67.0 Å². The van der Waals surface area contributed by atoms with Crippen LogP contribution in [-0.2, 0) is 4.79 Å². The summed E-state index contributed by atoms with van der Waals surface area (Å²) >= 11 is 0. The minimum absolute atomic E-state index is 0.0111. The lowest BCUT2D eigenvalue weighted by molar-refractivity contribution is -0.113. The number of nitriles is 1. The predicted molar refractivity (Wildman–Crippen MR) is 84.9 cm³/mol. The number of hydrogen-bond acceptors (Lipinski definition) is 3. The van der Waals surface area contributed by atoms with Gasteiger partial charge in [-0.15, -0.1) is 0 Å². The van der Waals surface area contributed by atoms with Crippen molar-refractivity contribution in [1.82, 2.24) is 4.68 Å². The van der Waals surface area contributed by atoms with Crippen LogP contribution in [0.2, 0.25) is 0 Å². The number of ether oxygens (including phenoxy) is 1. The fourth-order valence-corrected chi connectivity index (χ4v) is 2.10. The van der Waals surface area contributed by atoms with Gasteiger partial charge in [0.1, 0.15) is 17.4 Å². The Kier molecular flexibility index (Phi) is 4.64. The third-order valence-electron chi connectivity index (χ3n) is 3.29. The molecule has 2 aromatic rings. The maximum Gasteiger partial charge on any atom is 0.280 e. The smallest absolute Gasteiger partial charge is 0.280 e. The van der Waals surface area contributed by atoms with Crippen molar-refractivity contribution in [2.75, 3.05) is 12.5 Å². The third-order valence-corrected chi connectivity index (χ3v) is 3.29. The van der Waals surface area contributed by atoms with Crippen LogP contribution in [-0.4, -0.2) is 17.7 Å². The number of aromatic nitrogens is 1. The highest BCUT2D eigenvalue weighted by Gasteiger charge is 2.12. The Morgan fingerprint density at radius 1 is 1.23 bits per heavy atom. The first-order chi connectivity index (χ1) is 10.6. The SMILES string of the molecule is COc1ccccc1/C=C(/C#N)C(=O)Nn1c(C)ccc1C. The summed E-state index contributed by atoms with van der Waals surface area (Å²) in [4.78, 5) is 12.3. The van der Waals surface area contributed by atoms with Gasteiger partial charge in [-0.25, -0.2) is 0 Å². The normalized spacial score (nSPS) is 10.9. The lowest BCUT2D eigenvalue weighted by Gasteiger charge is -2.11. The Bertz CT molecular complexity index is 747. The predicted octanol–water partition coefficient (Wildman–Crippen LogP) is 2.79. The molecule has 5 heteroatoms. The van der Waals surface area contributed by atoms with Gasteiger partial charge in [0.15, 0.2) is 0 Å². The van der Waals surface area contributed by atoms with Gasteiger partial charge in [-0.2, -0.15) is 5.26 Å². The van der Waals surface area contributed by atoms with E-state index < -0.39 is 5.91 Å². The van der Waals surface area contributed by atoms with Crippen LogP contribution in [0, 0.1) is 25.2 Å². The first kappa shape index (κ1) is 15.4. The minimum atomic E-state index is -0.462. The number of amides is 1. The fraction of sp³-hybridized carbons (Fsp3) is 0.176. The lowest BCUT2D eigenvalue weighted by atomic mass is 10.1. The van der Waals surface area contributed by atoms with Crippen LogP contribution in [0.1, 0.15) is 17.0 Å². The molecule has 0 aliphatic carbocycles. The van der Waals surface area contributed by atoms with Crippen molar-refractivity contribution in [3.63, 3.8) is 0 Å². The second-order valence-corrected chi connectivity index (χ2v) is 4.80. The Hall–Kier alpha value is -3.00. The Balaban J connectivity index is 2.30. The molecule has 0 bridgehead atoms. The van der Waals surface area contributed by atoms with Crippen molar-refractivity contribution in [3.05, 3.63) is 58.9 Å². The second-order valence-electron chi connectivity index (χ2n) is 4.80. The van der Waals surface area contributed by atoms with Crippen LogP contribution < -0.4 is 10.2 Å². The highest BCUT2D eigenvalue weighted by atomic mass is 16.5. The number of carbonyl (C=O) groups excluding carboxylic acids is 1. The summed E-state index contributed by atoms with van der Waals surface area (Å²) < 4.78 is 6.87. The van der Waals surface area contributed by atoms with Gasteiger partial charge >= 0.3 is 0 Å². The second kappa shape index (κ2) is 6.64. The van der Waals surface area contributed by atoms with Gasteiger partial charge in [-0.05, 0) is 38.1 Å². The zero-order valence-electron chi connectivity index (χ0n) is 12.8. The summed E-state index contributed by atoms with van der Waals surface area (Å²) in [6.07, 6.45) is 1.52. The van der Waals surface area contributed by atoms with Gasteiger partial charge in [-0.3, -0.25) is 14.9 Å². The maximum atomic E-state index is 12.3. The highest BCUT2D eigenvalue weighted by molar-refractivity contribution is 6.06. The number of rotatable bonds is 4. The summed E-state index contributed by atoms with van der Waals surface area (Å²) in [6.45, 7) is 3.76. The van der Waals surface area contributed by atoms with Gasteiger partial charge in [0.05, 0.1) is 7.11 Å². The molecule has 0 spiro atoms. The summed E-state index contributed by atoms with van der Waals surface area (Å²) in [5.41, 5.74) is 5.18. The summed E-state index contributed by atoms with van der Waals surface area (Å²) in [6, 6.07) is 12.9. The first-order valence-corrected chi connectivity index (χ1v) is 6.78. The molecule has 0 fully saturated rings. The number of aryl methyl sites for hydroxylation is 2. The number of carbonyl (C=O) groups is 1. The van der Waals surface area contributed by atoms with Crippen molar-refractivity contribution in [3.8, 4) is 11.8 Å². The molecular weight excluding hydrogens is 278 g/mol. The molecule has 0 aliphatic heterocycles. The molecule has 1 amide bonds. The van der Waals surface area contributed by atoms with Crippen LogP contribution in [0.4, 0.5) is 0 Å². The zero-order valence-corrected chi connectivity index (χ0v) is 12.8. The number of methoxy groups -OCH3 is 1. The average Bonchev–Trinajstić information content (AvgIpc) is 2.84. The molecule has 0 unspecified atom stereocenters. The number of benzene rings is 1. The largest absolute Gasteiger partial charge is 0.496 e. The van der Waals surface area contributed by atoms with E-state index in [0.717, 1.165) is 11.4 Å². The molecule has 1 aromatic carbocycles. The van der Waals surface area contributed by atoms with E-state index in [1.54, 1.807) is 23.9 Å². The number of nitrogens with one attached hydrogen (secondary N) is 1. The Labute approximate surface area is 129 Å². The fourth-order valence-electron chi connectivity index (χ4n) is 2.10. The van der Waals surface area contributed by atoms with Crippen LogP contribution in [0.25, 0.3) is 6.08 Å². The van der Waals surface area contributed by atoms with E-state index in [4.69, 9.17) is 4.74 Å². The van der Waals surface area contributed by atoms with Gasteiger partial charge in [-0.1, -0.05) is 18.2 Å². The molecule has 2 rings (SSSR count). The van der Waals surface area contributed by atoms with Gasteiger partial charge < -0.3 is 4.74 Å². The van der Waals surface area contributed by atoms with E-state index in [2.05, 4.69) is 5.43 Å². The molecule has 0 saturated heterocycles. The third kappa shape index (κ3) is 3.18.